The Morgan fingerprint density at radius 3 is 2.97 bits per heavy atom. The minimum atomic E-state index is -0.547. The normalized spacial score (nSPS) is 22.4. The van der Waals surface area contributed by atoms with Crippen LogP contribution in [-0.2, 0) is 11.3 Å². The lowest BCUT2D eigenvalue weighted by Crippen LogP contribution is -2.53. The topological polar surface area (TPSA) is 93.0 Å². The number of anilines is 1. The number of hydrogen-bond acceptors (Lipinski definition) is 7. The number of thiazole rings is 1. The summed E-state index contributed by atoms with van der Waals surface area (Å²) in [6.07, 6.45) is 2.64. The van der Waals surface area contributed by atoms with E-state index < -0.39 is 6.04 Å². The number of piperidine rings is 1. The molecular weight excluding hydrogens is 400 g/mol. The van der Waals surface area contributed by atoms with Crippen molar-refractivity contribution in [2.75, 3.05) is 18.0 Å². The van der Waals surface area contributed by atoms with Crippen LogP contribution in [0.4, 0.5) is 5.82 Å². The van der Waals surface area contributed by atoms with Crippen molar-refractivity contribution in [1.29, 1.82) is 0 Å². The van der Waals surface area contributed by atoms with Crippen molar-refractivity contribution in [1.82, 2.24) is 24.8 Å². The average Bonchev–Trinajstić information content (AvgIpc) is 3.26. The molecule has 1 fully saturated rings. The third-order valence-electron chi connectivity index (χ3n) is 5.93. The van der Waals surface area contributed by atoms with Gasteiger partial charge in [-0.05, 0) is 25.5 Å². The lowest BCUT2D eigenvalue weighted by Gasteiger charge is -2.46. The summed E-state index contributed by atoms with van der Waals surface area (Å²) in [5.41, 5.74) is 3.37. The molecule has 2 bridgehead atoms. The third-order valence-corrected chi connectivity index (χ3v) is 6.56. The van der Waals surface area contributed by atoms with Crippen LogP contribution in [0.3, 0.4) is 0 Å². The summed E-state index contributed by atoms with van der Waals surface area (Å²) < 4.78 is 1.71. The molecule has 9 heteroatoms. The number of amides is 1. The summed E-state index contributed by atoms with van der Waals surface area (Å²) in [5, 5.41) is 4.90. The molecule has 3 atom stereocenters. The second-order valence-electron chi connectivity index (χ2n) is 7.86. The smallest absolute Gasteiger partial charge is 0.251 e. The van der Waals surface area contributed by atoms with E-state index in [4.69, 9.17) is 0 Å². The number of carbonyl (C=O) groups excluding carboxylic acids is 1. The van der Waals surface area contributed by atoms with Crippen molar-refractivity contribution in [3.63, 3.8) is 0 Å². The van der Waals surface area contributed by atoms with Gasteiger partial charge in [0.25, 0.3) is 5.56 Å². The number of hydrogen-bond donors (Lipinski definition) is 1. The van der Waals surface area contributed by atoms with Gasteiger partial charge in [-0.25, -0.2) is 15.0 Å². The van der Waals surface area contributed by atoms with Gasteiger partial charge in [-0.2, -0.15) is 0 Å². The van der Waals surface area contributed by atoms with E-state index in [2.05, 4.69) is 25.2 Å². The zero-order chi connectivity index (χ0) is 20.7. The van der Waals surface area contributed by atoms with E-state index in [9.17, 15) is 9.59 Å². The van der Waals surface area contributed by atoms with Crippen LogP contribution in [0, 0.1) is 12.8 Å². The van der Waals surface area contributed by atoms with Crippen molar-refractivity contribution < 1.29 is 4.79 Å². The molecular formula is C21H22N6O2S. The molecule has 30 heavy (non-hydrogen) atoms. The maximum atomic E-state index is 13.3. The molecule has 0 unspecified atom stereocenters. The van der Waals surface area contributed by atoms with E-state index in [-0.39, 0.29) is 23.3 Å². The van der Waals surface area contributed by atoms with Gasteiger partial charge in [0.1, 0.15) is 17.7 Å². The van der Waals surface area contributed by atoms with E-state index in [0.29, 0.717) is 13.1 Å². The Bertz CT molecular complexity index is 1130. The Kier molecular flexibility index (Phi) is 4.82. The van der Waals surface area contributed by atoms with E-state index in [1.165, 1.54) is 17.4 Å². The minimum absolute atomic E-state index is 0.0158. The maximum absolute atomic E-state index is 13.3. The molecule has 154 valence electrons. The zero-order valence-corrected chi connectivity index (χ0v) is 17.4. The Morgan fingerprint density at radius 1 is 1.27 bits per heavy atom. The molecule has 0 saturated carbocycles. The molecule has 2 aliphatic heterocycles. The molecule has 5 heterocycles. The molecule has 0 aliphatic carbocycles. The monoisotopic (exact) mass is 422 g/mol. The first-order valence-corrected chi connectivity index (χ1v) is 11.0. The van der Waals surface area contributed by atoms with Crippen LogP contribution in [0.15, 0.2) is 46.1 Å². The fraction of sp³-hybridized carbons (Fsp3) is 0.381. The number of aryl methyl sites for hydroxylation is 1. The molecule has 3 aromatic heterocycles. The van der Waals surface area contributed by atoms with Gasteiger partial charge >= 0.3 is 0 Å². The predicted molar refractivity (Wildman–Crippen MR) is 114 cm³/mol. The molecule has 3 aromatic rings. The van der Waals surface area contributed by atoms with Crippen LogP contribution in [0.5, 0.6) is 0 Å². The van der Waals surface area contributed by atoms with Crippen molar-refractivity contribution in [2.24, 2.45) is 5.92 Å². The van der Waals surface area contributed by atoms with Crippen molar-refractivity contribution in [3.8, 4) is 0 Å². The number of pyridine rings is 1. The highest BCUT2D eigenvalue weighted by Gasteiger charge is 2.44. The quantitative estimate of drug-likeness (QED) is 0.690. The molecule has 0 radical (unpaired) electrons. The number of rotatable bonds is 4. The van der Waals surface area contributed by atoms with Gasteiger partial charge in [0, 0.05) is 48.3 Å². The number of nitrogens with zero attached hydrogens (tertiary/aromatic N) is 5. The third kappa shape index (κ3) is 3.39. The van der Waals surface area contributed by atoms with Gasteiger partial charge < -0.3 is 10.2 Å². The van der Waals surface area contributed by atoms with Gasteiger partial charge in [-0.15, -0.1) is 11.3 Å². The van der Waals surface area contributed by atoms with Crippen LogP contribution in [0.1, 0.15) is 35.6 Å². The first kappa shape index (κ1) is 18.9. The maximum Gasteiger partial charge on any atom is 0.251 e. The van der Waals surface area contributed by atoms with Gasteiger partial charge in [-0.3, -0.25) is 14.2 Å². The Hall–Kier alpha value is -3.07. The van der Waals surface area contributed by atoms with Gasteiger partial charge in [0.15, 0.2) is 0 Å². The molecule has 8 nitrogen and oxygen atoms in total. The van der Waals surface area contributed by atoms with Gasteiger partial charge in [-0.1, -0.05) is 6.07 Å². The second kappa shape index (κ2) is 7.64. The second-order valence-corrected chi connectivity index (χ2v) is 8.58. The standard InChI is InChI=1S/C21H22N6O2S/c1-13-22-6-5-18(25-13)26-9-14-7-15(10-26)20(27-17(14)3-2-4-19(27)28)21(29)23-8-16-11-30-12-24-16/h2-6,11-12,14-15,20H,7-10H2,1H3,(H,23,29)/t14-,15+,20-/m1/s1. The van der Waals surface area contributed by atoms with Crippen LogP contribution >= 0.6 is 11.3 Å². The number of carbonyl (C=O) groups is 1. The molecule has 5 rings (SSSR count). The van der Waals surface area contributed by atoms with Gasteiger partial charge in [0.2, 0.25) is 5.91 Å². The lowest BCUT2D eigenvalue weighted by molar-refractivity contribution is -0.127. The number of nitrogens with one attached hydrogen (secondary N) is 1. The Morgan fingerprint density at radius 2 is 2.17 bits per heavy atom. The summed E-state index contributed by atoms with van der Waals surface area (Å²) in [7, 11) is 0. The predicted octanol–water partition coefficient (Wildman–Crippen LogP) is 1.88. The van der Waals surface area contributed by atoms with Crippen LogP contribution in [0.25, 0.3) is 0 Å². The summed E-state index contributed by atoms with van der Waals surface area (Å²) >= 11 is 1.50. The largest absolute Gasteiger partial charge is 0.355 e. The molecule has 0 spiro atoms. The average molecular weight is 423 g/mol. The number of fused-ring (bicyclic) bond motifs is 4. The van der Waals surface area contributed by atoms with Crippen molar-refractivity contribution in [2.45, 2.75) is 31.8 Å². The van der Waals surface area contributed by atoms with E-state index in [1.54, 1.807) is 22.3 Å². The lowest BCUT2D eigenvalue weighted by atomic mass is 9.78. The van der Waals surface area contributed by atoms with E-state index in [1.807, 2.05) is 24.4 Å². The van der Waals surface area contributed by atoms with Gasteiger partial charge in [0.05, 0.1) is 17.7 Å². The zero-order valence-electron chi connectivity index (χ0n) is 16.6. The molecule has 2 aliphatic rings. The fourth-order valence-electron chi connectivity index (χ4n) is 4.68. The molecule has 1 amide bonds. The Balaban J connectivity index is 1.49. The van der Waals surface area contributed by atoms with Crippen LogP contribution < -0.4 is 15.8 Å². The summed E-state index contributed by atoms with van der Waals surface area (Å²) in [6.45, 7) is 3.67. The highest BCUT2D eigenvalue weighted by atomic mass is 32.1. The molecule has 0 aromatic carbocycles. The molecule has 1 N–H and O–H groups in total. The minimum Gasteiger partial charge on any atom is -0.355 e. The van der Waals surface area contributed by atoms with E-state index >= 15 is 0 Å². The van der Waals surface area contributed by atoms with Crippen molar-refractivity contribution >= 4 is 23.1 Å². The SMILES string of the molecule is Cc1nccc(N2C[C@H]3C[C@@H](C2)[C@H](C(=O)NCc2cscn2)n2c3cccc2=O)n1. The molecule has 1 saturated heterocycles. The van der Waals surface area contributed by atoms with E-state index in [0.717, 1.165) is 36.0 Å². The first-order chi connectivity index (χ1) is 14.6. The number of aromatic nitrogens is 4. The summed E-state index contributed by atoms with van der Waals surface area (Å²) in [6, 6.07) is 6.65. The summed E-state index contributed by atoms with van der Waals surface area (Å²) in [5.74, 6) is 1.64. The highest BCUT2D eigenvalue weighted by Crippen LogP contribution is 2.42. The Labute approximate surface area is 177 Å². The fourth-order valence-corrected chi connectivity index (χ4v) is 5.24. The van der Waals surface area contributed by atoms with Crippen LogP contribution in [0.2, 0.25) is 0 Å². The van der Waals surface area contributed by atoms with Crippen LogP contribution in [-0.4, -0.2) is 38.5 Å². The highest BCUT2D eigenvalue weighted by molar-refractivity contribution is 7.07. The van der Waals surface area contributed by atoms with Crippen molar-refractivity contribution in [3.05, 3.63) is 68.9 Å². The summed E-state index contributed by atoms with van der Waals surface area (Å²) in [4.78, 5) is 41.3. The first-order valence-electron chi connectivity index (χ1n) is 10.0.